The molecule has 1 aromatic rings. The van der Waals surface area contributed by atoms with Crippen molar-refractivity contribution < 1.29 is 32.3 Å². The Hall–Kier alpha value is -2.47. The van der Waals surface area contributed by atoms with Crippen molar-refractivity contribution >= 4 is 23.3 Å². The lowest BCUT2D eigenvalue weighted by molar-refractivity contribution is -0.140. The van der Waals surface area contributed by atoms with E-state index < -0.39 is 17.6 Å². The molecule has 0 heterocycles. The van der Waals surface area contributed by atoms with Crippen molar-refractivity contribution in [3.05, 3.63) is 40.9 Å². The van der Waals surface area contributed by atoms with Crippen LogP contribution in [0.2, 0.25) is 0 Å². The maximum absolute atomic E-state index is 13.4. The molecule has 1 aromatic carbocycles. The first-order chi connectivity index (χ1) is 14.2. The molecule has 1 unspecified atom stereocenters. The second kappa shape index (κ2) is 10.5. The summed E-state index contributed by atoms with van der Waals surface area (Å²) in [4.78, 5) is 17.7. The number of hydrogen-bond acceptors (Lipinski definition) is 5. The Labute approximate surface area is 176 Å². The first-order valence-electron chi connectivity index (χ1n) is 9.24. The molecule has 2 rings (SSSR count). The van der Waals surface area contributed by atoms with E-state index >= 15 is 0 Å². The normalized spacial score (nSPS) is 17.8. The predicted molar refractivity (Wildman–Crippen MR) is 107 cm³/mol. The summed E-state index contributed by atoms with van der Waals surface area (Å²) in [5.41, 5.74) is -0.831. The van der Waals surface area contributed by atoms with Crippen molar-refractivity contribution in [1.82, 2.24) is 0 Å². The van der Waals surface area contributed by atoms with Gasteiger partial charge >= 0.3 is 6.18 Å². The van der Waals surface area contributed by atoms with Gasteiger partial charge in [-0.2, -0.15) is 13.2 Å². The Morgan fingerprint density at radius 3 is 2.73 bits per heavy atom. The number of Topliss-reactive ketones (excluding diaryl/α,β-unsaturated/α-hetero) is 1. The van der Waals surface area contributed by atoms with Crippen LogP contribution in [0.4, 0.5) is 17.6 Å². The zero-order chi connectivity index (χ0) is 22.3. The van der Waals surface area contributed by atoms with E-state index in [9.17, 15) is 27.5 Å². The first kappa shape index (κ1) is 23.8. The molecule has 0 aromatic heterocycles. The molecule has 0 saturated heterocycles. The van der Waals surface area contributed by atoms with E-state index in [1.54, 1.807) is 6.92 Å². The number of ketones is 1. The highest BCUT2D eigenvalue weighted by atomic mass is 32.2. The van der Waals surface area contributed by atoms with Gasteiger partial charge in [-0.1, -0.05) is 18.0 Å². The van der Waals surface area contributed by atoms with Crippen LogP contribution in [0.3, 0.4) is 0 Å². The van der Waals surface area contributed by atoms with Crippen molar-refractivity contribution in [3.8, 4) is 12.3 Å². The first-order valence-corrected chi connectivity index (χ1v) is 10.2. The molecule has 1 N–H and O–H groups in total. The molecule has 30 heavy (non-hydrogen) atoms. The number of aliphatic hydroxyl groups excluding tert-OH is 1. The maximum atomic E-state index is 13.4. The highest BCUT2D eigenvalue weighted by Gasteiger charge is 2.34. The van der Waals surface area contributed by atoms with Crippen molar-refractivity contribution in [2.75, 3.05) is 12.4 Å². The minimum Gasteiger partial charge on any atom is -0.511 e. The van der Waals surface area contributed by atoms with Crippen molar-refractivity contribution in [2.24, 2.45) is 11.1 Å². The van der Waals surface area contributed by atoms with Gasteiger partial charge in [0.25, 0.3) is 0 Å². The fourth-order valence-corrected chi connectivity index (χ4v) is 4.15. The largest absolute Gasteiger partial charge is 0.511 e. The summed E-state index contributed by atoms with van der Waals surface area (Å²) in [6, 6.07) is 2.86. The van der Waals surface area contributed by atoms with Gasteiger partial charge in [0.15, 0.2) is 12.4 Å². The molecular formula is C21H21F4NO3S. The fraction of sp³-hybridized carbons (Fsp3) is 0.429. The second-order valence-corrected chi connectivity index (χ2v) is 7.83. The number of carbonyl (C=O) groups is 1. The standard InChI is InChI=1S/C21H21F4NO3S/c1-3-8-29-26-17(4-2)20-18(27)10-13(11-19(20)28)7-9-30-14-5-6-16(22)15(12-14)21(23,24)25/h1,5-6,12-13,27H,4,7-11H2,2H3/b26-17-. The number of rotatable bonds is 8. The van der Waals surface area contributed by atoms with Crippen molar-refractivity contribution in [2.45, 2.75) is 43.7 Å². The van der Waals surface area contributed by atoms with Crippen molar-refractivity contribution in [1.29, 1.82) is 0 Å². The van der Waals surface area contributed by atoms with Crippen LogP contribution in [0, 0.1) is 24.1 Å². The average Bonchev–Trinajstić information content (AvgIpc) is 2.66. The van der Waals surface area contributed by atoms with Gasteiger partial charge in [0.1, 0.15) is 11.6 Å². The number of carbonyl (C=O) groups excluding carboxylic acids is 1. The summed E-state index contributed by atoms with van der Waals surface area (Å²) in [6.45, 7) is 1.72. The van der Waals surface area contributed by atoms with E-state index in [0.29, 0.717) is 24.3 Å². The molecule has 0 bridgehead atoms. The summed E-state index contributed by atoms with van der Waals surface area (Å²) in [7, 11) is 0. The van der Waals surface area contributed by atoms with E-state index in [0.717, 1.165) is 23.9 Å². The number of halogens is 4. The SMILES string of the molecule is C#CCO/N=C(/CC)C1=C(O)CC(CCSc2ccc(F)c(C(F)(F)F)c2)CC1=O. The van der Waals surface area contributed by atoms with E-state index in [2.05, 4.69) is 11.1 Å². The van der Waals surface area contributed by atoms with Crippen LogP contribution in [0.15, 0.2) is 39.6 Å². The minimum absolute atomic E-state index is 0.0506. The minimum atomic E-state index is -4.76. The average molecular weight is 443 g/mol. The Balaban J connectivity index is 1.99. The van der Waals surface area contributed by atoms with Crippen LogP contribution < -0.4 is 0 Å². The number of alkyl halides is 3. The molecule has 0 radical (unpaired) electrons. The van der Waals surface area contributed by atoms with E-state index in [1.165, 1.54) is 6.07 Å². The predicted octanol–water partition coefficient (Wildman–Crippen LogP) is 5.53. The second-order valence-electron chi connectivity index (χ2n) is 6.66. The van der Waals surface area contributed by atoms with Gasteiger partial charge < -0.3 is 9.94 Å². The molecule has 9 heteroatoms. The van der Waals surface area contributed by atoms with E-state index in [1.807, 2.05) is 0 Å². The van der Waals surface area contributed by atoms with E-state index in [4.69, 9.17) is 11.3 Å². The Kier molecular flexibility index (Phi) is 8.35. The van der Waals surface area contributed by atoms with Gasteiger partial charge in [0.05, 0.1) is 16.8 Å². The molecule has 0 spiro atoms. The van der Waals surface area contributed by atoms with Gasteiger partial charge in [0, 0.05) is 17.7 Å². The highest BCUT2D eigenvalue weighted by Crippen LogP contribution is 2.35. The molecule has 0 saturated carbocycles. The lowest BCUT2D eigenvalue weighted by Crippen LogP contribution is -2.25. The van der Waals surface area contributed by atoms with Gasteiger partial charge in [-0.3, -0.25) is 4.79 Å². The van der Waals surface area contributed by atoms with Crippen LogP contribution >= 0.6 is 11.8 Å². The molecular weight excluding hydrogens is 422 g/mol. The number of terminal acetylenes is 1. The third-order valence-electron chi connectivity index (χ3n) is 4.51. The highest BCUT2D eigenvalue weighted by molar-refractivity contribution is 7.99. The molecule has 1 aliphatic carbocycles. The molecule has 1 atom stereocenters. The fourth-order valence-electron chi connectivity index (χ4n) is 3.09. The van der Waals surface area contributed by atoms with Gasteiger partial charge in [-0.25, -0.2) is 4.39 Å². The monoisotopic (exact) mass is 443 g/mol. The zero-order valence-electron chi connectivity index (χ0n) is 16.3. The zero-order valence-corrected chi connectivity index (χ0v) is 17.1. The number of aliphatic hydroxyl groups is 1. The topological polar surface area (TPSA) is 58.9 Å². The van der Waals surface area contributed by atoms with Gasteiger partial charge in [-0.15, -0.1) is 18.2 Å². The van der Waals surface area contributed by atoms with Gasteiger partial charge in [0.2, 0.25) is 0 Å². The molecule has 0 aliphatic heterocycles. The Morgan fingerprint density at radius 2 is 2.13 bits per heavy atom. The van der Waals surface area contributed by atoms with Crippen LogP contribution in [0.5, 0.6) is 0 Å². The Bertz CT molecular complexity index is 887. The smallest absolute Gasteiger partial charge is 0.419 e. The Morgan fingerprint density at radius 1 is 1.40 bits per heavy atom. The van der Waals surface area contributed by atoms with Crippen LogP contribution in [0.25, 0.3) is 0 Å². The van der Waals surface area contributed by atoms with Crippen molar-refractivity contribution in [3.63, 3.8) is 0 Å². The summed E-state index contributed by atoms with van der Waals surface area (Å²) in [5, 5.41) is 14.2. The summed E-state index contributed by atoms with van der Waals surface area (Å²) in [6.07, 6.45) is 1.64. The van der Waals surface area contributed by atoms with Crippen LogP contribution in [0.1, 0.15) is 38.2 Å². The third-order valence-corrected chi connectivity index (χ3v) is 5.53. The molecule has 1 aliphatic rings. The number of hydrogen-bond donors (Lipinski definition) is 1. The van der Waals surface area contributed by atoms with Crippen LogP contribution in [-0.2, 0) is 15.8 Å². The lowest BCUT2D eigenvalue weighted by Gasteiger charge is -2.23. The maximum Gasteiger partial charge on any atom is 0.419 e. The third kappa shape index (κ3) is 6.26. The summed E-state index contributed by atoms with van der Waals surface area (Å²) < 4.78 is 51.8. The number of nitrogens with zero attached hydrogens (tertiary/aromatic N) is 1. The number of thioether (sulfide) groups is 1. The van der Waals surface area contributed by atoms with Crippen LogP contribution in [-0.4, -0.2) is 29.0 Å². The summed E-state index contributed by atoms with van der Waals surface area (Å²) in [5.74, 6) is 0.867. The molecule has 4 nitrogen and oxygen atoms in total. The summed E-state index contributed by atoms with van der Waals surface area (Å²) >= 11 is 1.14. The quantitative estimate of drug-likeness (QED) is 0.143. The molecule has 162 valence electrons. The van der Waals surface area contributed by atoms with Gasteiger partial charge in [-0.05, 0) is 42.7 Å². The number of allylic oxidation sites excluding steroid dienone is 2. The number of benzene rings is 1. The number of oxime groups is 1. The lowest BCUT2D eigenvalue weighted by atomic mass is 9.83. The van der Waals surface area contributed by atoms with E-state index in [-0.39, 0.29) is 47.4 Å². The molecule has 0 amide bonds. The molecule has 0 fully saturated rings.